The van der Waals surface area contributed by atoms with Crippen molar-refractivity contribution in [1.82, 2.24) is 9.80 Å². The topological polar surface area (TPSA) is 32.5 Å². The number of nitrogens with zero attached hydrogens (tertiary/aromatic N) is 2. The highest BCUT2D eigenvalue weighted by Crippen LogP contribution is 2.31. The Kier molecular flexibility index (Phi) is 4.61. The molecule has 2 N–H and O–H groups in total. The molecule has 0 bridgehead atoms. The van der Waals surface area contributed by atoms with Crippen LogP contribution in [0.15, 0.2) is 24.3 Å². The number of allylic oxidation sites excluding steroid dienone is 2. The predicted molar refractivity (Wildman–Crippen MR) is 90.1 cm³/mol. The second kappa shape index (κ2) is 6.63. The summed E-state index contributed by atoms with van der Waals surface area (Å²) in [5, 5.41) is 0. The molecular weight excluding hydrogens is 258 g/mol. The van der Waals surface area contributed by atoms with Crippen molar-refractivity contribution in [3.63, 3.8) is 0 Å². The predicted octanol–water partition coefficient (Wildman–Crippen LogP) is 2.97. The van der Waals surface area contributed by atoms with Crippen molar-refractivity contribution >= 4 is 11.3 Å². The van der Waals surface area contributed by atoms with E-state index in [9.17, 15) is 0 Å². The average Bonchev–Trinajstić information content (AvgIpc) is 2.52. The van der Waals surface area contributed by atoms with Crippen LogP contribution >= 0.6 is 0 Å². The summed E-state index contributed by atoms with van der Waals surface area (Å²) in [7, 11) is 2.20. The Morgan fingerprint density at radius 2 is 1.90 bits per heavy atom. The summed E-state index contributed by atoms with van der Waals surface area (Å²) in [5.74, 6) is 0. The van der Waals surface area contributed by atoms with Crippen LogP contribution in [0.4, 0.5) is 5.69 Å². The normalized spacial score (nSPS) is 21.3. The van der Waals surface area contributed by atoms with Gasteiger partial charge in [0, 0.05) is 44.0 Å². The first-order chi connectivity index (χ1) is 10.2. The van der Waals surface area contributed by atoms with Gasteiger partial charge in [0.2, 0.25) is 0 Å². The number of benzene rings is 1. The zero-order chi connectivity index (χ0) is 14.7. The van der Waals surface area contributed by atoms with E-state index in [1.54, 1.807) is 0 Å². The van der Waals surface area contributed by atoms with E-state index in [4.69, 9.17) is 5.73 Å². The van der Waals surface area contributed by atoms with Gasteiger partial charge < -0.3 is 10.6 Å². The minimum Gasteiger partial charge on any atom is -0.398 e. The van der Waals surface area contributed by atoms with E-state index in [-0.39, 0.29) is 0 Å². The van der Waals surface area contributed by atoms with Gasteiger partial charge >= 0.3 is 0 Å². The summed E-state index contributed by atoms with van der Waals surface area (Å²) in [6.07, 6.45) is 7.40. The van der Waals surface area contributed by atoms with E-state index in [0.717, 1.165) is 12.2 Å². The van der Waals surface area contributed by atoms with Crippen LogP contribution in [0, 0.1) is 0 Å². The minimum absolute atomic E-state index is 0.935. The lowest BCUT2D eigenvalue weighted by atomic mass is 9.91. The summed E-state index contributed by atoms with van der Waals surface area (Å²) < 4.78 is 0. The van der Waals surface area contributed by atoms with Gasteiger partial charge in [-0.05, 0) is 56.0 Å². The van der Waals surface area contributed by atoms with Crippen molar-refractivity contribution < 1.29 is 0 Å². The lowest BCUT2D eigenvalue weighted by Gasteiger charge is -2.32. The average molecular weight is 285 g/mol. The molecule has 3 heteroatoms. The third-order valence-corrected chi connectivity index (χ3v) is 4.76. The molecule has 1 aromatic carbocycles. The quantitative estimate of drug-likeness (QED) is 0.867. The molecule has 0 spiro atoms. The third kappa shape index (κ3) is 3.66. The van der Waals surface area contributed by atoms with Crippen LogP contribution in [0.1, 0.15) is 36.8 Å². The molecule has 0 atom stereocenters. The Labute approximate surface area is 128 Å². The van der Waals surface area contributed by atoms with Gasteiger partial charge in [0.25, 0.3) is 0 Å². The first kappa shape index (κ1) is 14.6. The molecule has 0 radical (unpaired) electrons. The lowest BCUT2D eigenvalue weighted by molar-refractivity contribution is 0.148. The number of hydrogen-bond donors (Lipinski definition) is 1. The van der Waals surface area contributed by atoms with Gasteiger partial charge in [0.05, 0.1) is 0 Å². The zero-order valence-corrected chi connectivity index (χ0v) is 13.1. The lowest BCUT2D eigenvalue weighted by Crippen LogP contribution is -2.43. The van der Waals surface area contributed by atoms with Crippen molar-refractivity contribution in [3.05, 3.63) is 35.4 Å². The van der Waals surface area contributed by atoms with Crippen LogP contribution in [0.5, 0.6) is 0 Å². The number of piperazine rings is 1. The fraction of sp³-hybridized carbons (Fsp3) is 0.556. The maximum Gasteiger partial charge on any atom is 0.0390 e. The highest BCUT2D eigenvalue weighted by Gasteiger charge is 2.15. The smallest absolute Gasteiger partial charge is 0.0390 e. The van der Waals surface area contributed by atoms with Crippen molar-refractivity contribution in [2.24, 2.45) is 0 Å². The summed E-state index contributed by atoms with van der Waals surface area (Å²) in [6, 6.07) is 6.61. The van der Waals surface area contributed by atoms with Gasteiger partial charge in [-0.1, -0.05) is 12.1 Å². The number of likely N-dealkylation sites (N-methyl/N-ethyl adjacent to an activating group) is 1. The number of hydrogen-bond acceptors (Lipinski definition) is 3. The van der Waals surface area contributed by atoms with E-state index in [1.165, 1.54) is 68.6 Å². The van der Waals surface area contributed by atoms with E-state index in [1.807, 2.05) is 0 Å². The Balaban J connectivity index is 1.73. The molecule has 1 saturated heterocycles. The molecule has 2 aliphatic rings. The van der Waals surface area contributed by atoms with Crippen LogP contribution in [0.2, 0.25) is 0 Å². The standard InChI is InChI=1S/C18H27N3/c1-20-9-11-21(12-10-20)14-15-7-8-18(19)17(13-15)16-5-3-2-4-6-16/h5,7-8,13H,2-4,6,9-12,14,19H2,1H3. The number of rotatable bonds is 3. The number of nitrogen functional groups attached to an aromatic ring is 1. The van der Waals surface area contributed by atoms with Gasteiger partial charge in [0.15, 0.2) is 0 Å². The molecule has 1 aliphatic carbocycles. The van der Waals surface area contributed by atoms with Gasteiger partial charge in [-0.3, -0.25) is 4.90 Å². The van der Waals surface area contributed by atoms with Gasteiger partial charge in [-0.15, -0.1) is 0 Å². The van der Waals surface area contributed by atoms with Crippen molar-refractivity contribution in [3.8, 4) is 0 Å². The van der Waals surface area contributed by atoms with Gasteiger partial charge in [-0.2, -0.15) is 0 Å². The van der Waals surface area contributed by atoms with Crippen molar-refractivity contribution in [2.75, 3.05) is 39.0 Å². The summed E-state index contributed by atoms with van der Waals surface area (Å²) in [6.45, 7) is 5.73. The van der Waals surface area contributed by atoms with Gasteiger partial charge in [-0.25, -0.2) is 0 Å². The van der Waals surface area contributed by atoms with Crippen LogP contribution in [0.3, 0.4) is 0 Å². The Morgan fingerprint density at radius 1 is 1.10 bits per heavy atom. The van der Waals surface area contributed by atoms with Crippen molar-refractivity contribution in [2.45, 2.75) is 32.2 Å². The molecule has 114 valence electrons. The van der Waals surface area contributed by atoms with E-state index in [2.05, 4.69) is 41.1 Å². The third-order valence-electron chi connectivity index (χ3n) is 4.76. The van der Waals surface area contributed by atoms with Crippen LogP contribution in [-0.4, -0.2) is 43.0 Å². The molecule has 21 heavy (non-hydrogen) atoms. The fourth-order valence-electron chi connectivity index (χ4n) is 3.33. The van der Waals surface area contributed by atoms with Crippen LogP contribution in [-0.2, 0) is 6.54 Å². The van der Waals surface area contributed by atoms with E-state index >= 15 is 0 Å². The first-order valence-corrected chi connectivity index (χ1v) is 8.21. The summed E-state index contributed by atoms with van der Waals surface area (Å²) in [5.41, 5.74) is 11.3. The molecule has 0 unspecified atom stereocenters. The largest absolute Gasteiger partial charge is 0.398 e. The maximum absolute atomic E-state index is 6.21. The van der Waals surface area contributed by atoms with Crippen LogP contribution < -0.4 is 5.73 Å². The Morgan fingerprint density at radius 3 is 2.62 bits per heavy atom. The molecule has 3 rings (SSSR count). The van der Waals surface area contributed by atoms with E-state index < -0.39 is 0 Å². The molecule has 1 aliphatic heterocycles. The Bertz CT molecular complexity index is 513. The van der Waals surface area contributed by atoms with Crippen LogP contribution in [0.25, 0.3) is 5.57 Å². The zero-order valence-electron chi connectivity index (χ0n) is 13.1. The summed E-state index contributed by atoms with van der Waals surface area (Å²) >= 11 is 0. The first-order valence-electron chi connectivity index (χ1n) is 8.21. The Hall–Kier alpha value is -1.32. The molecular formula is C18H27N3. The highest BCUT2D eigenvalue weighted by atomic mass is 15.2. The molecule has 3 nitrogen and oxygen atoms in total. The maximum atomic E-state index is 6.21. The molecule has 1 fully saturated rings. The molecule has 1 heterocycles. The number of anilines is 1. The highest BCUT2D eigenvalue weighted by molar-refractivity contribution is 5.76. The van der Waals surface area contributed by atoms with Crippen molar-refractivity contribution in [1.29, 1.82) is 0 Å². The second-order valence-corrected chi connectivity index (χ2v) is 6.48. The monoisotopic (exact) mass is 285 g/mol. The summed E-state index contributed by atoms with van der Waals surface area (Å²) in [4.78, 5) is 4.95. The molecule has 0 saturated carbocycles. The van der Waals surface area contributed by atoms with E-state index in [0.29, 0.717) is 0 Å². The minimum atomic E-state index is 0.935. The molecule has 0 aromatic heterocycles. The van der Waals surface area contributed by atoms with Gasteiger partial charge in [0.1, 0.15) is 0 Å². The fourth-order valence-corrected chi connectivity index (χ4v) is 3.33. The second-order valence-electron chi connectivity index (χ2n) is 6.48. The number of nitrogens with two attached hydrogens (primary N) is 1. The molecule has 1 aromatic rings. The SMILES string of the molecule is CN1CCN(Cc2ccc(N)c(C3=CCCCC3)c2)CC1. The molecule has 0 amide bonds.